The zero-order chi connectivity index (χ0) is 25.9. The van der Waals surface area contributed by atoms with Crippen molar-refractivity contribution in [2.45, 2.75) is 77.7 Å². The molecule has 2 N–H and O–H groups in total. The highest BCUT2D eigenvalue weighted by Crippen LogP contribution is 2.29. The van der Waals surface area contributed by atoms with Crippen LogP contribution in [0.3, 0.4) is 0 Å². The molecular weight excluding hydrogens is 454 g/mol. The number of ketones is 1. The van der Waals surface area contributed by atoms with Gasteiger partial charge in [0, 0.05) is 39.9 Å². The van der Waals surface area contributed by atoms with E-state index in [-0.39, 0.29) is 32.3 Å². The Morgan fingerprint density at radius 3 is 2.50 bits per heavy atom. The Balaban J connectivity index is 0.00000176. The second-order valence-corrected chi connectivity index (χ2v) is 10.3. The van der Waals surface area contributed by atoms with Crippen LogP contribution in [-0.4, -0.2) is 67.9 Å². The van der Waals surface area contributed by atoms with Gasteiger partial charge in [0.15, 0.2) is 5.78 Å². The van der Waals surface area contributed by atoms with Crippen molar-refractivity contribution in [2.24, 2.45) is 11.8 Å². The van der Waals surface area contributed by atoms with Crippen LogP contribution in [0.15, 0.2) is 24.3 Å². The predicted octanol–water partition coefficient (Wildman–Crippen LogP) is 4.41. The van der Waals surface area contributed by atoms with E-state index in [9.17, 15) is 14.4 Å². The van der Waals surface area contributed by atoms with Gasteiger partial charge in [0.2, 0.25) is 5.91 Å². The molecule has 1 saturated carbocycles. The molecule has 2 amide bonds. The summed E-state index contributed by atoms with van der Waals surface area (Å²) in [7, 11) is 0. The van der Waals surface area contributed by atoms with Crippen molar-refractivity contribution < 1.29 is 22.0 Å². The highest BCUT2D eigenvalue weighted by molar-refractivity contribution is 5.97. The SMILES string of the molecule is CC.CC(=O)[C@H](NC(=O)c1cccc(C2CCCN(C(=O)CNCC3COC3)C2)c1)C1CCCCC1.[HH].[HH]. The maximum atomic E-state index is 13.1. The molecule has 3 fully saturated rings. The Kier molecular flexibility index (Phi) is 11.4. The van der Waals surface area contributed by atoms with Crippen molar-refractivity contribution in [2.75, 3.05) is 39.4 Å². The molecule has 1 aromatic rings. The van der Waals surface area contributed by atoms with E-state index in [1.54, 1.807) is 6.92 Å². The number of nitrogens with one attached hydrogen (secondary N) is 2. The molecule has 0 spiro atoms. The van der Waals surface area contributed by atoms with Gasteiger partial charge in [0.05, 0.1) is 25.8 Å². The third kappa shape index (κ3) is 7.87. The first-order valence-electron chi connectivity index (χ1n) is 14.0. The minimum absolute atomic E-state index is 0. The number of Topliss-reactive ketones (excluding diaryl/α,β-unsaturated/α-hetero) is 1. The molecule has 7 heteroatoms. The van der Waals surface area contributed by atoms with Gasteiger partial charge in [-0.2, -0.15) is 0 Å². The van der Waals surface area contributed by atoms with E-state index in [1.807, 2.05) is 43.0 Å². The minimum atomic E-state index is -0.404. The maximum absolute atomic E-state index is 13.1. The number of carbonyl (C=O) groups excluding carboxylic acids is 3. The van der Waals surface area contributed by atoms with Crippen LogP contribution in [0.2, 0.25) is 0 Å². The fourth-order valence-electron chi connectivity index (χ4n) is 5.55. The number of rotatable bonds is 9. The molecule has 0 aromatic heterocycles. The summed E-state index contributed by atoms with van der Waals surface area (Å²) >= 11 is 0. The predicted molar refractivity (Wildman–Crippen MR) is 146 cm³/mol. The zero-order valence-corrected chi connectivity index (χ0v) is 22.4. The van der Waals surface area contributed by atoms with Crippen LogP contribution in [0.5, 0.6) is 0 Å². The number of nitrogens with zero attached hydrogens (tertiary/aromatic N) is 1. The first kappa shape index (κ1) is 28.3. The van der Waals surface area contributed by atoms with Crippen LogP contribution in [0.25, 0.3) is 0 Å². The van der Waals surface area contributed by atoms with Crippen LogP contribution in [0.1, 0.15) is 90.4 Å². The molecule has 1 aromatic carbocycles. The average molecular weight is 504 g/mol. The summed E-state index contributed by atoms with van der Waals surface area (Å²) in [5.41, 5.74) is 1.68. The Labute approximate surface area is 219 Å². The van der Waals surface area contributed by atoms with Crippen molar-refractivity contribution in [1.82, 2.24) is 15.5 Å². The van der Waals surface area contributed by atoms with Crippen molar-refractivity contribution in [1.29, 1.82) is 0 Å². The van der Waals surface area contributed by atoms with E-state index in [0.29, 0.717) is 24.6 Å². The van der Waals surface area contributed by atoms with E-state index in [4.69, 9.17) is 4.74 Å². The Hall–Kier alpha value is -2.25. The molecule has 1 unspecified atom stereocenters. The van der Waals surface area contributed by atoms with Crippen LogP contribution in [0, 0.1) is 11.8 Å². The number of hydrogen-bond donors (Lipinski definition) is 2. The van der Waals surface area contributed by atoms with E-state index < -0.39 is 6.04 Å². The van der Waals surface area contributed by atoms with Crippen molar-refractivity contribution in [3.05, 3.63) is 35.4 Å². The summed E-state index contributed by atoms with van der Waals surface area (Å²) in [6.07, 6.45) is 7.42. The lowest BCUT2D eigenvalue weighted by molar-refractivity contribution is -0.131. The fourth-order valence-corrected chi connectivity index (χ4v) is 5.55. The van der Waals surface area contributed by atoms with Crippen LogP contribution in [0.4, 0.5) is 0 Å². The van der Waals surface area contributed by atoms with E-state index in [1.165, 1.54) is 6.42 Å². The monoisotopic (exact) mass is 503 g/mol. The third-order valence-corrected chi connectivity index (χ3v) is 7.66. The molecular formula is C29H49N3O4. The molecule has 4 rings (SSSR count). The van der Waals surface area contributed by atoms with Crippen molar-refractivity contribution in [3.63, 3.8) is 0 Å². The first-order chi connectivity index (χ1) is 17.5. The summed E-state index contributed by atoms with van der Waals surface area (Å²) in [5.74, 6) is 0.970. The summed E-state index contributed by atoms with van der Waals surface area (Å²) in [5, 5.41) is 6.30. The Morgan fingerprint density at radius 2 is 1.83 bits per heavy atom. The Morgan fingerprint density at radius 1 is 1.08 bits per heavy atom. The number of amides is 2. The van der Waals surface area contributed by atoms with Gasteiger partial charge < -0.3 is 20.3 Å². The number of carbonyl (C=O) groups is 3. The molecule has 204 valence electrons. The van der Waals surface area contributed by atoms with Gasteiger partial charge in [-0.1, -0.05) is 45.2 Å². The highest BCUT2D eigenvalue weighted by atomic mass is 16.5. The largest absolute Gasteiger partial charge is 0.381 e. The molecule has 36 heavy (non-hydrogen) atoms. The molecule has 2 atom stereocenters. The maximum Gasteiger partial charge on any atom is 0.251 e. The lowest BCUT2D eigenvalue weighted by atomic mass is 9.82. The Bertz CT molecular complexity index is 875. The van der Waals surface area contributed by atoms with Gasteiger partial charge in [-0.15, -0.1) is 0 Å². The normalized spacial score (nSPS) is 21.5. The fraction of sp³-hybridized carbons (Fsp3) is 0.690. The van der Waals surface area contributed by atoms with Crippen LogP contribution < -0.4 is 10.6 Å². The summed E-state index contributed by atoms with van der Waals surface area (Å²) in [4.78, 5) is 40.0. The second kappa shape index (κ2) is 14.5. The van der Waals surface area contributed by atoms with Gasteiger partial charge in [0.25, 0.3) is 5.91 Å². The topological polar surface area (TPSA) is 87.7 Å². The van der Waals surface area contributed by atoms with Crippen molar-refractivity contribution >= 4 is 17.6 Å². The van der Waals surface area contributed by atoms with Gasteiger partial charge in [-0.3, -0.25) is 14.4 Å². The zero-order valence-electron chi connectivity index (χ0n) is 22.4. The quantitative estimate of drug-likeness (QED) is 0.521. The average Bonchev–Trinajstić information content (AvgIpc) is 2.90. The van der Waals surface area contributed by atoms with E-state index in [0.717, 1.165) is 70.4 Å². The van der Waals surface area contributed by atoms with Gasteiger partial charge in [0.1, 0.15) is 0 Å². The lowest BCUT2D eigenvalue weighted by Crippen LogP contribution is -2.46. The minimum Gasteiger partial charge on any atom is -0.381 e. The number of hydrogen-bond acceptors (Lipinski definition) is 5. The van der Waals surface area contributed by atoms with Crippen molar-refractivity contribution in [3.8, 4) is 0 Å². The summed E-state index contributed by atoms with van der Waals surface area (Å²) in [6.45, 7) is 9.79. The summed E-state index contributed by atoms with van der Waals surface area (Å²) in [6, 6.07) is 7.32. The molecule has 2 aliphatic heterocycles. The molecule has 2 saturated heterocycles. The number of likely N-dealkylation sites (tertiary alicyclic amines) is 1. The van der Waals surface area contributed by atoms with Crippen LogP contribution >= 0.6 is 0 Å². The molecule has 3 aliphatic rings. The number of piperidine rings is 1. The lowest BCUT2D eigenvalue weighted by Gasteiger charge is -2.34. The highest BCUT2D eigenvalue weighted by Gasteiger charge is 2.30. The molecule has 0 bridgehead atoms. The van der Waals surface area contributed by atoms with Gasteiger partial charge in [-0.25, -0.2) is 0 Å². The second-order valence-electron chi connectivity index (χ2n) is 10.3. The standard InChI is InChI=1S/C27H39N3O4.C2H6.2H2/c1-19(31)26(21-7-3-2-4-8-21)29-27(33)23-10-5-9-22(13-23)24-11-6-12-30(16-24)25(32)15-28-14-20-17-34-18-20;1-2;;/h5,9-10,13,20-21,24,26,28H,2-4,6-8,11-12,14-18H2,1H3,(H,29,33);1-2H3;2*1H/t24?,26-;;;/m0.../s1. The van der Waals surface area contributed by atoms with Gasteiger partial charge >= 0.3 is 0 Å². The molecule has 1 aliphatic carbocycles. The van der Waals surface area contributed by atoms with E-state index >= 15 is 0 Å². The number of ether oxygens (including phenoxy) is 1. The van der Waals surface area contributed by atoms with E-state index in [2.05, 4.69) is 10.6 Å². The third-order valence-electron chi connectivity index (χ3n) is 7.66. The smallest absolute Gasteiger partial charge is 0.251 e. The molecule has 2 heterocycles. The summed E-state index contributed by atoms with van der Waals surface area (Å²) < 4.78 is 5.18. The van der Waals surface area contributed by atoms with Gasteiger partial charge in [-0.05, 0) is 56.2 Å². The number of benzene rings is 1. The first-order valence-corrected chi connectivity index (χ1v) is 14.0. The molecule has 7 nitrogen and oxygen atoms in total. The van der Waals surface area contributed by atoms with Crippen LogP contribution in [-0.2, 0) is 14.3 Å². The molecule has 0 radical (unpaired) electrons.